The van der Waals surface area contributed by atoms with Gasteiger partial charge >= 0.3 is 0 Å². The van der Waals surface area contributed by atoms with E-state index in [9.17, 15) is 5.11 Å². The molecule has 0 amide bonds. The Labute approximate surface area is 104 Å². The average Bonchev–Trinajstić information content (AvgIpc) is 2.80. The maximum atomic E-state index is 9.91. The first kappa shape index (κ1) is 11.6. The lowest BCUT2D eigenvalue weighted by atomic mass is 10.1. The van der Waals surface area contributed by atoms with Gasteiger partial charge in [-0.15, -0.1) is 0 Å². The Hall–Kier alpha value is -0.900. The molecule has 0 aliphatic carbocycles. The predicted octanol–water partition coefficient (Wildman–Crippen LogP) is 3.46. The summed E-state index contributed by atoms with van der Waals surface area (Å²) in [4.78, 5) is 4.10. The van der Waals surface area contributed by atoms with Gasteiger partial charge in [-0.2, -0.15) is 11.3 Å². The summed E-state index contributed by atoms with van der Waals surface area (Å²) >= 11 is 7.41. The topological polar surface area (TPSA) is 33.1 Å². The molecule has 1 unspecified atom stereocenters. The molecule has 1 atom stereocenters. The Kier molecular flexibility index (Phi) is 3.93. The van der Waals surface area contributed by atoms with Crippen molar-refractivity contribution in [3.63, 3.8) is 0 Å². The van der Waals surface area contributed by atoms with Crippen LogP contribution in [0, 0.1) is 0 Å². The van der Waals surface area contributed by atoms with Crippen molar-refractivity contribution in [2.24, 2.45) is 0 Å². The second-order valence-corrected chi connectivity index (χ2v) is 4.80. The second-order valence-electron chi connectivity index (χ2n) is 3.59. The van der Waals surface area contributed by atoms with Crippen molar-refractivity contribution in [2.45, 2.75) is 18.9 Å². The highest BCUT2D eigenvalue weighted by molar-refractivity contribution is 7.07. The zero-order valence-electron chi connectivity index (χ0n) is 8.64. The number of aliphatic hydroxyl groups is 1. The monoisotopic (exact) mass is 253 g/mol. The smallest absolute Gasteiger partial charge is 0.0962 e. The van der Waals surface area contributed by atoms with E-state index in [2.05, 4.69) is 16.4 Å². The summed E-state index contributed by atoms with van der Waals surface area (Å²) < 4.78 is 0. The van der Waals surface area contributed by atoms with E-state index in [1.54, 1.807) is 29.7 Å². The van der Waals surface area contributed by atoms with Crippen LogP contribution in [0.4, 0.5) is 0 Å². The lowest BCUT2D eigenvalue weighted by molar-refractivity contribution is 0.163. The lowest BCUT2D eigenvalue weighted by Gasteiger charge is -2.09. The molecule has 84 valence electrons. The molecule has 1 N–H and O–H groups in total. The van der Waals surface area contributed by atoms with Crippen LogP contribution < -0.4 is 0 Å². The molecule has 0 fully saturated rings. The van der Waals surface area contributed by atoms with Crippen LogP contribution in [0.1, 0.15) is 23.8 Å². The first-order valence-corrected chi connectivity index (χ1v) is 6.38. The number of rotatable bonds is 4. The van der Waals surface area contributed by atoms with Crippen molar-refractivity contribution >= 4 is 22.9 Å². The Morgan fingerprint density at radius 2 is 2.25 bits per heavy atom. The van der Waals surface area contributed by atoms with Crippen LogP contribution in [-0.4, -0.2) is 10.1 Å². The maximum Gasteiger partial charge on any atom is 0.0962 e. The molecule has 2 aromatic rings. The van der Waals surface area contributed by atoms with Crippen molar-refractivity contribution in [1.82, 2.24) is 4.98 Å². The zero-order chi connectivity index (χ0) is 11.4. The average molecular weight is 254 g/mol. The minimum atomic E-state index is -0.517. The van der Waals surface area contributed by atoms with Crippen LogP contribution in [0.15, 0.2) is 35.2 Å². The molecule has 0 aliphatic heterocycles. The van der Waals surface area contributed by atoms with Crippen molar-refractivity contribution in [3.05, 3.63) is 51.4 Å². The minimum Gasteiger partial charge on any atom is -0.387 e. The molecule has 0 spiro atoms. The summed E-state index contributed by atoms with van der Waals surface area (Å²) in [5, 5.41) is 14.6. The van der Waals surface area contributed by atoms with E-state index in [0.29, 0.717) is 17.1 Å². The normalized spacial score (nSPS) is 12.6. The molecule has 0 radical (unpaired) electrons. The lowest BCUT2D eigenvalue weighted by Crippen LogP contribution is -2.01. The summed E-state index contributed by atoms with van der Waals surface area (Å²) in [6, 6.07) is 5.59. The highest BCUT2D eigenvalue weighted by Crippen LogP contribution is 2.19. The van der Waals surface area contributed by atoms with Gasteiger partial charge in [0, 0.05) is 6.20 Å². The largest absolute Gasteiger partial charge is 0.387 e. The van der Waals surface area contributed by atoms with Crippen molar-refractivity contribution < 1.29 is 5.11 Å². The van der Waals surface area contributed by atoms with Gasteiger partial charge in [0.1, 0.15) is 0 Å². The first-order valence-electron chi connectivity index (χ1n) is 5.06. The van der Waals surface area contributed by atoms with E-state index in [1.807, 2.05) is 5.38 Å². The van der Waals surface area contributed by atoms with Gasteiger partial charge in [-0.3, -0.25) is 4.98 Å². The van der Waals surface area contributed by atoms with E-state index in [1.165, 1.54) is 5.56 Å². The fourth-order valence-electron chi connectivity index (χ4n) is 1.47. The quantitative estimate of drug-likeness (QED) is 0.905. The number of hydrogen-bond acceptors (Lipinski definition) is 3. The van der Waals surface area contributed by atoms with Crippen LogP contribution in [0.3, 0.4) is 0 Å². The van der Waals surface area contributed by atoms with Crippen molar-refractivity contribution in [3.8, 4) is 0 Å². The number of aliphatic hydroxyl groups excluding tert-OH is 1. The SMILES string of the molecule is OC(CCc1ccsc1)c1ccc(Cl)cn1. The fraction of sp³-hybridized carbons (Fsp3) is 0.250. The van der Waals surface area contributed by atoms with Gasteiger partial charge in [-0.25, -0.2) is 0 Å². The highest BCUT2D eigenvalue weighted by atomic mass is 35.5. The van der Waals surface area contributed by atoms with Crippen molar-refractivity contribution in [2.75, 3.05) is 0 Å². The Bertz CT molecular complexity index is 427. The van der Waals surface area contributed by atoms with Gasteiger partial charge in [-0.1, -0.05) is 11.6 Å². The molecule has 2 heterocycles. The van der Waals surface area contributed by atoms with Crippen LogP contribution in [-0.2, 0) is 6.42 Å². The van der Waals surface area contributed by atoms with E-state index < -0.39 is 6.10 Å². The minimum absolute atomic E-state index is 0.517. The Morgan fingerprint density at radius 3 is 2.88 bits per heavy atom. The molecule has 0 aromatic carbocycles. The van der Waals surface area contributed by atoms with Gasteiger partial charge in [0.25, 0.3) is 0 Å². The molecule has 0 bridgehead atoms. The number of thiophene rings is 1. The van der Waals surface area contributed by atoms with Crippen LogP contribution in [0.2, 0.25) is 5.02 Å². The van der Waals surface area contributed by atoms with Gasteiger partial charge in [0.2, 0.25) is 0 Å². The summed E-state index contributed by atoms with van der Waals surface area (Å²) in [5.74, 6) is 0. The number of halogens is 1. The highest BCUT2D eigenvalue weighted by Gasteiger charge is 2.09. The molecule has 0 aliphatic rings. The molecule has 0 saturated heterocycles. The van der Waals surface area contributed by atoms with E-state index in [4.69, 9.17) is 11.6 Å². The third-order valence-electron chi connectivity index (χ3n) is 2.38. The van der Waals surface area contributed by atoms with Crippen LogP contribution in [0.5, 0.6) is 0 Å². The molecular formula is C12H12ClNOS. The maximum absolute atomic E-state index is 9.91. The third-order valence-corrected chi connectivity index (χ3v) is 3.33. The van der Waals surface area contributed by atoms with Crippen LogP contribution in [0.25, 0.3) is 0 Å². The number of nitrogens with zero attached hydrogens (tertiary/aromatic N) is 1. The van der Waals surface area contributed by atoms with E-state index >= 15 is 0 Å². The van der Waals surface area contributed by atoms with E-state index in [0.717, 1.165) is 6.42 Å². The molecule has 4 heteroatoms. The fourth-order valence-corrected chi connectivity index (χ4v) is 2.29. The Balaban J connectivity index is 1.93. The number of aryl methyl sites for hydroxylation is 1. The molecule has 0 saturated carbocycles. The molecule has 2 aromatic heterocycles. The molecular weight excluding hydrogens is 242 g/mol. The van der Waals surface area contributed by atoms with Gasteiger partial charge in [0.15, 0.2) is 0 Å². The molecule has 2 rings (SSSR count). The van der Waals surface area contributed by atoms with E-state index in [-0.39, 0.29) is 0 Å². The first-order chi connectivity index (χ1) is 7.75. The predicted molar refractivity (Wildman–Crippen MR) is 66.8 cm³/mol. The van der Waals surface area contributed by atoms with Gasteiger partial charge < -0.3 is 5.11 Å². The molecule has 2 nitrogen and oxygen atoms in total. The third kappa shape index (κ3) is 3.04. The van der Waals surface area contributed by atoms with Gasteiger partial charge in [-0.05, 0) is 47.4 Å². The number of aromatic nitrogens is 1. The number of pyridine rings is 1. The van der Waals surface area contributed by atoms with Crippen molar-refractivity contribution in [1.29, 1.82) is 0 Å². The van der Waals surface area contributed by atoms with Crippen LogP contribution >= 0.6 is 22.9 Å². The zero-order valence-corrected chi connectivity index (χ0v) is 10.2. The Morgan fingerprint density at radius 1 is 1.38 bits per heavy atom. The van der Waals surface area contributed by atoms with Gasteiger partial charge in [0.05, 0.1) is 16.8 Å². The molecule has 16 heavy (non-hydrogen) atoms. The summed E-state index contributed by atoms with van der Waals surface area (Å²) in [5.41, 5.74) is 1.94. The standard InChI is InChI=1S/C12H12ClNOS/c13-10-2-3-11(14-7-10)12(15)4-1-9-5-6-16-8-9/h2-3,5-8,12,15H,1,4H2. The summed E-state index contributed by atoms with van der Waals surface area (Å²) in [6.07, 6.45) is 2.60. The summed E-state index contributed by atoms with van der Waals surface area (Å²) in [6.45, 7) is 0. The second kappa shape index (κ2) is 5.43. The number of hydrogen-bond donors (Lipinski definition) is 1. The summed E-state index contributed by atoms with van der Waals surface area (Å²) in [7, 11) is 0.